The van der Waals surface area contributed by atoms with Gasteiger partial charge in [-0.1, -0.05) is 42.5 Å². The lowest BCUT2D eigenvalue weighted by Crippen LogP contribution is -2.34. The normalized spacial score (nSPS) is 15.3. The molecule has 5 nitrogen and oxygen atoms in total. The van der Waals surface area contributed by atoms with E-state index in [2.05, 4.69) is 4.98 Å². The van der Waals surface area contributed by atoms with E-state index < -0.39 is 6.04 Å². The van der Waals surface area contributed by atoms with Crippen molar-refractivity contribution in [3.63, 3.8) is 0 Å². The van der Waals surface area contributed by atoms with Gasteiger partial charge in [0.25, 0.3) is 5.91 Å². The summed E-state index contributed by atoms with van der Waals surface area (Å²) in [6.07, 6.45) is 1.87. The molecule has 5 heteroatoms. The van der Waals surface area contributed by atoms with Gasteiger partial charge < -0.3 is 4.90 Å². The van der Waals surface area contributed by atoms with E-state index in [0.29, 0.717) is 17.8 Å². The average Bonchev–Trinajstić information content (AvgIpc) is 3.00. The predicted octanol–water partition coefficient (Wildman–Crippen LogP) is 4.14. The fourth-order valence-electron chi connectivity index (χ4n) is 3.79. The Morgan fingerprint density at radius 2 is 1.86 bits per heavy atom. The highest BCUT2D eigenvalue weighted by Crippen LogP contribution is 2.38. The Morgan fingerprint density at radius 3 is 2.62 bits per heavy atom. The number of benzene rings is 2. The molecule has 0 bridgehead atoms. The quantitative estimate of drug-likeness (QED) is 0.663. The molecule has 1 aliphatic heterocycles. The summed E-state index contributed by atoms with van der Waals surface area (Å²) in [4.78, 5) is 34.0. The lowest BCUT2D eigenvalue weighted by molar-refractivity contribution is -0.130. The van der Waals surface area contributed by atoms with Crippen LogP contribution in [-0.2, 0) is 11.3 Å². The van der Waals surface area contributed by atoms with Crippen molar-refractivity contribution in [3.05, 3.63) is 95.3 Å². The summed E-state index contributed by atoms with van der Waals surface area (Å²) >= 11 is 0. The number of fused-ring (bicyclic) bond motifs is 1. The van der Waals surface area contributed by atoms with E-state index in [0.717, 1.165) is 16.8 Å². The molecule has 0 spiro atoms. The maximum atomic E-state index is 13.1. The van der Waals surface area contributed by atoms with Crippen molar-refractivity contribution in [2.24, 2.45) is 0 Å². The van der Waals surface area contributed by atoms with Crippen molar-refractivity contribution in [3.8, 4) is 0 Å². The van der Waals surface area contributed by atoms with E-state index in [1.165, 1.54) is 0 Å². The van der Waals surface area contributed by atoms with Crippen LogP contribution >= 0.6 is 0 Å². The molecule has 4 rings (SSSR count). The number of carbonyl (C=O) groups is 2. The first kappa shape index (κ1) is 18.9. The van der Waals surface area contributed by atoms with Crippen LogP contribution in [0.4, 0.5) is 5.69 Å². The molecule has 1 atom stereocenters. The third kappa shape index (κ3) is 3.76. The van der Waals surface area contributed by atoms with Crippen molar-refractivity contribution in [1.29, 1.82) is 0 Å². The largest absolute Gasteiger partial charge is 0.341 e. The first-order valence-electron chi connectivity index (χ1n) is 9.67. The number of aromatic nitrogens is 1. The van der Waals surface area contributed by atoms with Crippen molar-refractivity contribution in [2.75, 3.05) is 11.9 Å². The molecule has 2 heterocycles. The summed E-state index contributed by atoms with van der Waals surface area (Å²) in [5, 5.41) is 0. The maximum absolute atomic E-state index is 13.1. The molecule has 0 radical (unpaired) electrons. The smallest absolute Gasteiger partial charge is 0.260 e. The zero-order valence-corrected chi connectivity index (χ0v) is 16.6. The summed E-state index contributed by atoms with van der Waals surface area (Å²) in [6, 6.07) is 20.8. The second-order valence-corrected chi connectivity index (χ2v) is 7.41. The standard InChI is InChI=1S/C24H23N3O2/c1-17-8-6-11-19(14-17)27-21(23-20(24(27)29)12-7-13-25-23)15-22(28)26(2)16-18-9-4-3-5-10-18/h3-14,21H,15-16H2,1-2H3. The van der Waals surface area contributed by atoms with Crippen LogP contribution in [0.25, 0.3) is 0 Å². The zero-order valence-electron chi connectivity index (χ0n) is 16.6. The number of pyridine rings is 1. The van der Waals surface area contributed by atoms with Gasteiger partial charge in [-0.25, -0.2) is 0 Å². The first-order valence-corrected chi connectivity index (χ1v) is 9.67. The van der Waals surface area contributed by atoms with Gasteiger partial charge in [-0.3, -0.25) is 19.5 Å². The monoisotopic (exact) mass is 385 g/mol. The summed E-state index contributed by atoms with van der Waals surface area (Å²) in [5.74, 6) is -0.134. The van der Waals surface area contributed by atoms with Gasteiger partial charge >= 0.3 is 0 Å². The maximum Gasteiger partial charge on any atom is 0.260 e. The van der Waals surface area contributed by atoms with Gasteiger partial charge in [-0.05, 0) is 42.3 Å². The number of hydrogen-bond acceptors (Lipinski definition) is 3. The Bertz CT molecular complexity index is 1050. The SMILES string of the molecule is Cc1cccc(N2C(=O)c3cccnc3C2CC(=O)N(C)Cc2ccccc2)c1. The third-order valence-corrected chi connectivity index (χ3v) is 5.25. The molecule has 1 aromatic heterocycles. The lowest BCUT2D eigenvalue weighted by atomic mass is 10.1. The first-order chi connectivity index (χ1) is 14.0. The minimum Gasteiger partial charge on any atom is -0.341 e. The van der Waals surface area contributed by atoms with Crippen LogP contribution < -0.4 is 4.90 Å². The van der Waals surface area contributed by atoms with Crippen LogP contribution in [-0.4, -0.2) is 28.7 Å². The number of aryl methyl sites for hydroxylation is 1. The fourth-order valence-corrected chi connectivity index (χ4v) is 3.79. The van der Waals surface area contributed by atoms with Crippen LogP contribution in [0.5, 0.6) is 0 Å². The van der Waals surface area contributed by atoms with Crippen molar-refractivity contribution >= 4 is 17.5 Å². The van der Waals surface area contributed by atoms with Crippen molar-refractivity contribution in [2.45, 2.75) is 25.9 Å². The Hall–Kier alpha value is -3.47. The molecule has 0 saturated carbocycles. The third-order valence-electron chi connectivity index (χ3n) is 5.25. The molecule has 0 N–H and O–H groups in total. The Labute approximate surface area is 170 Å². The number of anilines is 1. The molecule has 0 fully saturated rings. The molecule has 29 heavy (non-hydrogen) atoms. The number of amides is 2. The van der Waals surface area contributed by atoms with E-state index in [4.69, 9.17) is 0 Å². The Kier molecular flexibility index (Phi) is 5.12. The molecule has 0 aliphatic carbocycles. The summed E-state index contributed by atoms with van der Waals surface area (Å²) in [7, 11) is 1.79. The molecule has 1 aliphatic rings. The lowest BCUT2D eigenvalue weighted by Gasteiger charge is -2.27. The van der Waals surface area contributed by atoms with Gasteiger partial charge in [0, 0.05) is 25.5 Å². The van der Waals surface area contributed by atoms with Gasteiger partial charge in [-0.2, -0.15) is 0 Å². The molecular formula is C24H23N3O2. The fraction of sp³-hybridized carbons (Fsp3) is 0.208. The van der Waals surface area contributed by atoms with Crippen molar-refractivity contribution < 1.29 is 9.59 Å². The Balaban J connectivity index is 1.62. The van der Waals surface area contributed by atoms with Gasteiger partial charge in [0.05, 0.1) is 23.7 Å². The molecule has 2 amide bonds. The highest BCUT2D eigenvalue weighted by molar-refractivity contribution is 6.11. The number of carbonyl (C=O) groups excluding carboxylic acids is 2. The minimum absolute atomic E-state index is 0.0252. The molecule has 0 saturated heterocycles. The highest BCUT2D eigenvalue weighted by Gasteiger charge is 2.40. The van der Waals surface area contributed by atoms with Gasteiger partial charge in [0.2, 0.25) is 5.91 Å². The van der Waals surface area contributed by atoms with Crippen molar-refractivity contribution in [1.82, 2.24) is 9.88 Å². The molecule has 2 aromatic carbocycles. The number of hydrogen-bond donors (Lipinski definition) is 0. The van der Waals surface area contributed by atoms with E-state index in [-0.39, 0.29) is 18.2 Å². The average molecular weight is 385 g/mol. The van der Waals surface area contributed by atoms with Crippen LogP contribution in [0.2, 0.25) is 0 Å². The topological polar surface area (TPSA) is 53.5 Å². The van der Waals surface area contributed by atoms with Gasteiger partial charge in [0.1, 0.15) is 0 Å². The van der Waals surface area contributed by atoms with Crippen LogP contribution in [0.15, 0.2) is 72.9 Å². The predicted molar refractivity (Wildman–Crippen MR) is 112 cm³/mol. The summed E-state index contributed by atoms with van der Waals surface area (Å²) in [6.45, 7) is 2.52. The Morgan fingerprint density at radius 1 is 1.07 bits per heavy atom. The molecule has 3 aromatic rings. The van der Waals surface area contributed by atoms with Crippen LogP contribution in [0, 0.1) is 6.92 Å². The number of nitrogens with zero attached hydrogens (tertiary/aromatic N) is 3. The van der Waals surface area contributed by atoms with E-state index in [1.807, 2.05) is 61.5 Å². The van der Waals surface area contributed by atoms with E-state index >= 15 is 0 Å². The summed E-state index contributed by atoms with van der Waals surface area (Å²) < 4.78 is 0. The molecular weight excluding hydrogens is 362 g/mol. The molecule has 146 valence electrons. The van der Waals surface area contributed by atoms with Crippen LogP contribution in [0.3, 0.4) is 0 Å². The number of rotatable bonds is 5. The van der Waals surface area contributed by atoms with E-state index in [9.17, 15) is 9.59 Å². The second-order valence-electron chi connectivity index (χ2n) is 7.41. The summed E-state index contributed by atoms with van der Waals surface area (Å²) in [5.41, 5.74) is 4.15. The second kappa shape index (κ2) is 7.87. The van der Waals surface area contributed by atoms with Crippen LogP contribution in [0.1, 0.15) is 39.6 Å². The minimum atomic E-state index is -0.411. The van der Waals surface area contributed by atoms with Gasteiger partial charge in [0.15, 0.2) is 0 Å². The zero-order chi connectivity index (χ0) is 20.4. The molecule has 1 unspecified atom stereocenters. The van der Waals surface area contributed by atoms with Gasteiger partial charge in [-0.15, -0.1) is 0 Å². The highest BCUT2D eigenvalue weighted by atomic mass is 16.2. The van der Waals surface area contributed by atoms with E-state index in [1.54, 1.807) is 35.2 Å².